The summed E-state index contributed by atoms with van der Waals surface area (Å²) >= 11 is 0. The minimum absolute atomic E-state index is 0.0556. The third-order valence-corrected chi connectivity index (χ3v) is 1.33. The van der Waals surface area contributed by atoms with Crippen LogP contribution in [0.2, 0.25) is 0 Å². The number of oxime groups is 1. The first-order valence-corrected chi connectivity index (χ1v) is 3.50. The fourth-order valence-corrected chi connectivity index (χ4v) is 0.569. The molecule has 0 saturated carbocycles. The van der Waals surface area contributed by atoms with E-state index in [2.05, 4.69) is 10.5 Å². The van der Waals surface area contributed by atoms with Gasteiger partial charge in [0.15, 0.2) is 0 Å². The second-order valence-corrected chi connectivity index (χ2v) is 2.39. The maximum absolute atomic E-state index is 8.80. The maximum atomic E-state index is 8.80. The van der Waals surface area contributed by atoms with Gasteiger partial charge in [-0.3, -0.25) is 0 Å². The van der Waals surface area contributed by atoms with Gasteiger partial charge in [-0.1, -0.05) is 5.16 Å². The number of hydrogen-bond donors (Lipinski definition) is 3. The van der Waals surface area contributed by atoms with Crippen molar-refractivity contribution in [3.8, 4) is 0 Å². The Kier molecular flexibility index (Phi) is 3.28. The quantitative estimate of drug-likeness (QED) is 0.429. The Hall–Kier alpha value is -0.650. The van der Waals surface area contributed by atoms with Gasteiger partial charge in [0.25, 0.3) is 0 Å². The van der Waals surface area contributed by atoms with Crippen molar-refractivity contribution in [2.45, 2.75) is 6.10 Å². The first-order valence-electron chi connectivity index (χ1n) is 3.50. The van der Waals surface area contributed by atoms with E-state index in [1.165, 1.54) is 0 Å². The smallest absolute Gasteiger partial charge is 0.145 e. The molecule has 1 aliphatic heterocycles. The number of hydrogen-bond acceptors (Lipinski definition) is 5. The fourth-order valence-electron chi connectivity index (χ4n) is 0.569. The summed E-state index contributed by atoms with van der Waals surface area (Å²) in [5, 5.41) is 23.9. The van der Waals surface area contributed by atoms with Crippen LogP contribution in [-0.4, -0.2) is 48.3 Å². The SMILES string of the molecule is OC[C@@H](O)CON=C1CNC1. The molecule has 1 aliphatic rings. The number of aliphatic hydroxyl groups is 2. The molecule has 0 aromatic carbocycles. The lowest BCUT2D eigenvalue weighted by atomic mass is 10.2. The third kappa shape index (κ3) is 2.83. The van der Waals surface area contributed by atoms with E-state index >= 15 is 0 Å². The molecular weight excluding hydrogens is 148 g/mol. The molecule has 0 aromatic heterocycles. The molecule has 1 saturated heterocycles. The second-order valence-electron chi connectivity index (χ2n) is 2.39. The highest BCUT2D eigenvalue weighted by atomic mass is 16.6. The first kappa shape index (κ1) is 8.45. The van der Waals surface area contributed by atoms with E-state index in [4.69, 9.17) is 15.1 Å². The Morgan fingerprint density at radius 3 is 2.82 bits per heavy atom. The van der Waals surface area contributed by atoms with Gasteiger partial charge >= 0.3 is 0 Å². The number of rotatable bonds is 4. The van der Waals surface area contributed by atoms with Crippen molar-refractivity contribution in [1.82, 2.24) is 5.32 Å². The van der Waals surface area contributed by atoms with Gasteiger partial charge < -0.3 is 20.4 Å². The molecule has 1 rings (SSSR count). The summed E-state index contributed by atoms with van der Waals surface area (Å²) in [6, 6.07) is 0. The molecule has 0 radical (unpaired) electrons. The summed E-state index contributed by atoms with van der Waals surface area (Å²) in [5.74, 6) is 0. The van der Waals surface area contributed by atoms with Gasteiger partial charge in [0.05, 0.1) is 12.3 Å². The molecule has 64 valence electrons. The lowest BCUT2D eigenvalue weighted by molar-refractivity contribution is 0.00777. The Labute approximate surface area is 64.7 Å². The molecule has 0 aliphatic carbocycles. The Morgan fingerprint density at radius 2 is 2.36 bits per heavy atom. The molecule has 0 bridgehead atoms. The van der Waals surface area contributed by atoms with Crippen LogP contribution in [0.15, 0.2) is 5.16 Å². The van der Waals surface area contributed by atoms with Gasteiger partial charge in [-0.15, -0.1) is 0 Å². The zero-order chi connectivity index (χ0) is 8.10. The highest BCUT2D eigenvalue weighted by molar-refractivity contribution is 5.92. The molecule has 11 heavy (non-hydrogen) atoms. The summed E-state index contributed by atoms with van der Waals surface area (Å²) in [5.41, 5.74) is 0.940. The van der Waals surface area contributed by atoms with Crippen LogP contribution in [0, 0.1) is 0 Å². The minimum atomic E-state index is -0.826. The van der Waals surface area contributed by atoms with Crippen molar-refractivity contribution in [3.63, 3.8) is 0 Å². The van der Waals surface area contributed by atoms with Crippen LogP contribution in [0.3, 0.4) is 0 Å². The van der Waals surface area contributed by atoms with Crippen molar-refractivity contribution < 1.29 is 15.1 Å². The molecular formula is C6H12N2O3. The molecule has 0 aromatic rings. The summed E-state index contributed by atoms with van der Waals surface area (Å²) in [4.78, 5) is 4.73. The highest BCUT2D eigenvalue weighted by Gasteiger charge is 2.09. The Bertz CT molecular complexity index is 143. The zero-order valence-corrected chi connectivity index (χ0v) is 6.16. The topological polar surface area (TPSA) is 74.1 Å². The average molecular weight is 160 g/mol. The van der Waals surface area contributed by atoms with E-state index in [0.29, 0.717) is 0 Å². The Balaban J connectivity index is 2.03. The molecule has 0 unspecified atom stereocenters. The number of nitrogens with zero attached hydrogens (tertiary/aromatic N) is 1. The van der Waals surface area contributed by atoms with Crippen molar-refractivity contribution in [1.29, 1.82) is 0 Å². The van der Waals surface area contributed by atoms with E-state index < -0.39 is 6.10 Å². The van der Waals surface area contributed by atoms with Gasteiger partial charge in [-0.25, -0.2) is 0 Å². The Morgan fingerprint density at radius 1 is 1.64 bits per heavy atom. The summed E-state index contributed by atoms with van der Waals surface area (Å²) < 4.78 is 0. The zero-order valence-electron chi connectivity index (χ0n) is 6.16. The normalized spacial score (nSPS) is 18.9. The molecule has 1 fully saturated rings. The molecule has 5 nitrogen and oxygen atoms in total. The van der Waals surface area contributed by atoms with Crippen LogP contribution in [0.1, 0.15) is 0 Å². The fraction of sp³-hybridized carbons (Fsp3) is 0.833. The van der Waals surface area contributed by atoms with Crippen LogP contribution >= 0.6 is 0 Å². The number of nitrogens with one attached hydrogen (secondary N) is 1. The molecule has 0 amide bonds. The predicted molar refractivity (Wildman–Crippen MR) is 39.3 cm³/mol. The van der Waals surface area contributed by atoms with Crippen LogP contribution in [0.5, 0.6) is 0 Å². The molecule has 1 heterocycles. The largest absolute Gasteiger partial charge is 0.394 e. The standard InChI is InChI=1S/C6H12N2O3/c9-3-6(10)4-11-8-5-1-7-2-5/h6-7,9-10H,1-4H2/t6-/m1/s1. The van der Waals surface area contributed by atoms with Gasteiger partial charge in [0.2, 0.25) is 0 Å². The van der Waals surface area contributed by atoms with E-state index in [1.807, 2.05) is 0 Å². The summed E-state index contributed by atoms with van der Waals surface area (Å²) in [6.07, 6.45) is -0.826. The lowest BCUT2D eigenvalue weighted by Gasteiger charge is -2.16. The average Bonchev–Trinajstić information content (AvgIpc) is 1.94. The number of aliphatic hydroxyl groups excluding tert-OH is 2. The van der Waals surface area contributed by atoms with Crippen molar-refractivity contribution in [3.05, 3.63) is 0 Å². The highest BCUT2D eigenvalue weighted by Crippen LogP contribution is 1.90. The predicted octanol–water partition coefficient (Wildman–Crippen LogP) is -1.68. The monoisotopic (exact) mass is 160 g/mol. The summed E-state index contributed by atoms with van der Waals surface area (Å²) in [7, 11) is 0. The van der Waals surface area contributed by atoms with Crippen molar-refractivity contribution in [2.24, 2.45) is 5.16 Å². The summed E-state index contributed by atoms with van der Waals surface area (Å²) in [6.45, 7) is 1.29. The molecule has 5 heteroatoms. The molecule has 1 atom stereocenters. The van der Waals surface area contributed by atoms with E-state index in [-0.39, 0.29) is 13.2 Å². The van der Waals surface area contributed by atoms with Gasteiger partial charge in [0.1, 0.15) is 12.7 Å². The van der Waals surface area contributed by atoms with Gasteiger partial charge in [0, 0.05) is 13.1 Å². The van der Waals surface area contributed by atoms with E-state index in [1.54, 1.807) is 0 Å². The third-order valence-electron chi connectivity index (χ3n) is 1.33. The van der Waals surface area contributed by atoms with Crippen LogP contribution in [0.4, 0.5) is 0 Å². The van der Waals surface area contributed by atoms with Crippen LogP contribution in [0.25, 0.3) is 0 Å². The van der Waals surface area contributed by atoms with Gasteiger partial charge in [-0.2, -0.15) is 0 Å². The van der Waals surface area contributed by atoms with Crippen molar-refractivity contribution >= 4 is 5.71 Å². The van der Waals surface area contributed by atoms with E-state index in [9.17, 15) is 0 Å². The van der Waals surface area contributed by atoms with Crippen molar-refractivity contribution in [2.75, 3.05) is 26.3 Å². The maximum Gasteiger partial charge on any atom is 0.145 e. The lowest BCUT2D eigenvalue weighted by Crippen LogP contribution is -2.42. The van der Waals surface area contributed by atoms with Crippen LogP contribution in [-0.2, 0) is 4.84 Å². The second kappa shape index (κ2) is 4.27. The molecule has 3 N–H and O–H groups in total. The van der Waals surface area contributed by atoms with E-state index in [0.717, 1.165) is 18.8 Å². The molecule has 0 spiro atoms. The minimum Gasteiger partial charge on any atom is -0.394 e. The first-order chi connectivity index (χ1) is 5.33. The van der Waals surface area contributed by atoms with Crippen LogP contribution < -0.4 is 5.32 Å². The van der Waals surface area contributed by atoms with Gasteiger partial charge in [-0.05, 0) is 0 Å².